The molecule has 2 heterocycles. The SMILES string of the molecule is COc1cc(C#Cc2cn(COCC[Si](C)(C)C)c3ncnc(N)c23)cc(OC)c1. The molecule has 2 N–H and O–H groups in total. The molecule has 0 bridgehead atoms. The second kappa shape index (κ2) is 9.20. The molecule has 0 spiro atoms. The standard InChI is InChI=1S/C22H28N4O3Si/c1-27-18-10-16(11-19(12-18)28-2)6-7-17-13-26(15-29-8-9-30(3,4)5)22-20(17)21(23)24-14-25-22/h10-14H,8-9,15H2,1-5H3,(H2,23,24,25). The number of methoxy groups -OCH3 is 2. The summed E-state index contributed by atoms with van der Waals surface area (Å²) in [5.41, 5.74) is 8.37. The molecule has 0 amide bonds. The summed E-state index contributed by atoms with van der Waals surface area (Å²) in [5, 5.41) is 0.730. The zero-order chi connectivity index (χ0) is 21.7. The van der Waals surface area contributed by atoms with Gasteiger partial charge in [0, 0.05) is 32.5 Å². The average molecular weight is 425 g/mol. The van der Waals surface area contributed by atoms with E-state index in [4.69, 9.17) is 19.9 Å². The van der Waals surface area contributed by atoms with Gasteiger partial charge in [0.05, 0.1) is 25.2 Å². The lowest BCUT2D eigenvalue weighted by molar-refractivity contribution is 0.0898. The number of fused-ring (bicyclic) bond motifs is 1. The zero-order valence-electron chi connectivity index (χ0n) is 18.2. The predicted octanol–water partition coefficient (Wildman–Crippen LogP) is 3.74. The van der Waals surface area contributed by atoms with Crippen LogP contribution in [-0.2, 0) is 11.5 Å². The van der Waals surface area contributed by atoms with E-state index in [1.165, 1.54) is 6.33 Å². The molecule has 8 heteroatoms. The van der Waals surface area contributed by atoms with Crippen LogP contribution in [0.3, 0.4) is 0 Å². The Morgan fingerprint density at radius 2 is 1.73 bits per heavy atom. The van der Waals surface area contributed by atoms with Gasteiger partial charge in [0.15, 0.2) is 0 Å². The van der Waals surface area contributed by atoms with Crippen LogP contribution < -0.4 is 15.2 Å². The van der Waals surface area contributed by atoms with E-state index < -0.39 is 8.07 Å². The Labute approximate surface area is 178 Å². The Bertz CT molecular complexity index is 1070. The molecule has 0 aliphatic carbocycles. The van der Waals surface area contributed by atoms with E-state index in [2.05, 4.69) is 41.4 Å². The minimum Gasteiger partial charge on any atom is -0.497 e. The molecule has 0 saturated carbocycles. The van der Waals surface area contributed by atoms with E-state index in [1.54, 1.807) is 20.3 Å². The molecule has 3 aromatic rings. The van der Waals surface area contributed by atoms with Crippen molar-refractivity contribution in [3.63, 3.8) is 0 Å². The van der Waals surface area contributed by atoms with Crippen LogP contribution in [0.15, 0.2) is 30.7 Å². The van der Waals surface area contributed by atoms with Gasteiger partial charge < -0.3 is 24.5 Å². The smallest absolute Gasteiger partial charge is 0.148 e. The van der Waals surface area contributed by atoms with E-state index >= 15 is 0 Å². The fourth-order valence-electron chi connectivity index (χ4n) is 2.90. The van der Waals surface area contributed by atoms with Crippen molar-refractivity contribution in [1.82, 2.24) is 14.5 Å². The van der Waals surface area contributed by atoms with Gasteiger partial charge >= 0.3 is 0 Å². The molecule has 1 aromatic carbocycles. The maximum absolute atomic E-state index is 6.14. The summed E-state index contributed by atoms with van der Waals surface area (Å²) in [7, 11) is 2.08. The minimum atomic E-state index is -1.14. The highest BCUT2D eigenvalue weighted by atomic mass is 28.3. The number of hydrogen-bond donors (Lipinski definition) is 1. The summed E-state index contributed by atoms with van der Waals surface area (Å²) in [6.07, 6.45) is 3.37. The number of nitrogens with two attached hydrogens (primary N) is 1. The Morgan fingerprint density at radius 3 is 2.37 bits per heavy atom. The van der Waals surface area contributed by atoms with Gasteiger partial charge in [0.25, 0.3) is 0 Å². The van der Waals surface area contributed by atoms with Crippen LogP contribution in [0.5, 0.6) is 11.5 Å². The summed E-state index contributed by atoms with van der Waals surface area (Å²) < 4.78 is 18.5. The van der Waals surface area contributed by atoms with Crippen molar-refractivity contribution in [2.45, 2.75) is 32.4 Å². The van der Waals surface area contributed by atoms with Gasteiger partial charge in [-0.15, -0.1) is 0 Å². The van der Waals surface area contributed by atoms with Crippen LogP contribution in [-0.4, -0.2) is 43.4 Å². The molecule has 30 heavy (non-hydrogen) atoms. The molecule has 158 valence electrons. The quantitative estimate of drug-likeness (QED) is 0.353. The highest BCUT2D eigenvalue weighted by Gasteiger charge is 2.14. The molecule has 0 aliphatic rings. The predicted molar refractivity (Wildman–Crippen MR) is 122 cm³/mol. The van der Waals surface area contributed by atoms with Crippen LogP contribution in [0.4, 0.5) is 5.82 Å². The second-order valence-electron chi connectivity index (χ2n) is 8.17. The van der Waals surface area contributed by atoms with Crippen LogP contribution >= 0.6 is 0 Å². The first-order chi connectivity index (χ1) is 14.3. The molecular weight excluding hydrogens is 396 g/mol. The second-order valence-corrected chi connectivity index (χ2v) is 13.8. The molecule has 0 aliphatic heterocycles. The third-order valence-corrected chi connectivity index (χ3v) is 6.31. The summed E-state index contributed by atoms with van der Waals surface area (Å²) in [6.45, 7) is 8.11. The topological polar surface area (TPSA) is 84.4 Å². The molecule has 3 rings (SSSR count). The molecule has 0 atom stereocenters. The van der Waals surface area contributed by atoms with Crippen molar-refractivity contribution in [2.24, 2.45) is 0 Å². The normalized spacial score (nSPS) is 11.2. The van der Waals surface area contributed by atoms with E-state index in [9.17, 15) is 0 Å². The van der Waals surface area contributed by atoms with Crippen LogP contribution in [0.2, 0.25) is 25.7 Å². The molecule has 0 saturated heterocycles. The lowest BCUT2D eigenvalue weighted by Crippen LogP contribution is -2.22. The monoisotopic (exact) mass is 424 g/mol. The number of aromatic nitrogens is 3. The zero-order valence-corrected chi connectivity index (χ0v) is 19.2. The summed E-state index contributed by atoms with van der Waals surface area (Å²) >= 11 is 0. The number of anilines is 1. The van der Waals surface area contributed by atoms with Gasteiger partial charge in [-0.3, -0.25) is 0 Å². The number of nitrogens with zero attached hydrogens (tertiary/aromatic N) is 3. The number of rotatable bonds is 7. The first kappa shape index (κ1) is 21.7. The highest BCUT2D eigenvalue weighted by Crippen LogP contribution is 2.25. The van der Waals surface area contributed by atoms with E-state index in [-0.39, 0.29) is 0 Å². The van der Waals surface area contributed by atoms with E-state index in [0.717, 1.165) is 29.2 Å². The van der Waals surface area contributed by atoms with Gasteiger partial charge in [0.2, 0.25) is 0 Å². The maximum atomic E-state index is 6.14. The lowest BCUT2D eigenvalue weighted by atomic mass is 10.1. The molecule has 0 radical (unpaired) electrons. The van der Waals surface area contributed by atoms with Crippen molar-refractivity contribution in [1.29, 1.82) is 0 Å². The highest BCUT2D eigenvalue weighted by molar-refractivity contribution is 6.76. The van der Waals surface area contributed by atoms with Gasteiger partial charge in [-0.05, 0) is 18.2 Å². The summed E-state index contributed by atoms with van der Waals surface area (Å²) in [5.74, 6) is 8.11. The number of nitrogen functional groups attached to an aromatic ring is 1. The Balaban J connectivity index is 1.91. The molecular formula is C22H28N4O3Si. The Morgan fingerprint density at radius 1 is 1.03 bits per heavy atom. The van der Waals surface area contributed by atoms with E-state index in [0.29, 0.717) is 29.7 Å². The maximum Gasteiger partial charge on any atom is 0.148 e. The average Bonchev–Trinajstić information content (AvgIpc) is 3.07. The third-order valence-electron chi connectivity index (χ3n) is 4.60. The van der Waals surface area contributed by atoms with Gasteiger partial charge in [0.1, 0.15) is 36.0 Å². The fraction of sp³-hybridized carbons (Fsp3) is 0.364. The van der Waals surface area contributed by atoms with Crippen LogP contribution in [0, 0.1) is 11.8 Å². The van der Waals surface area contributed by atoms with Gasteiger partial charge in [-0.1, -0.05) is 31.5 Å². The Kier molecular flexibility index (Phi) is 6.65. The third kappa shape index (κ3) is 5.31. The van der Waals surface area contributed by atoms with Crippen molar-refractivity contribution in [2.75, 3.05) is 26.6 Å². The van der Waals surface area contributed by atoms with Crippen molar-refractivity contribution in [3.8, 4) is 23.3 Å². The number of ether oxygens (including phenoxy) is 3. The summed E-state index contributed by atoms with van der Waals surface area (Å²) in [6, 6.07) is 6.62. The first-order valence-electron chi connectivity index (χ1n) is 9.73. The molecule has 7 nitrogen and oxygen atoms in total. The van der Waals surface area contributed by atoms with Crippen molar-refractivity contribution < 1.29 is 14.2 Å². The molecule has 0 fully saturated rings. The van der Waals surface area contributed by atoms with Crippen molar-refractivity contribution in [3.05, 3.63) is 41.9 Å². The number of hydrogen-bond acceptors (Lipinski definition) is 6. The van der Waals surface area contributed by atoms with Crippen LogP contribution in [0.25, 0.3) is 11.0 Å². The Hall–Kier alpha value is -3.02. The van der Waals surface area contributed by atoms with Crippen molar-refractivity contribution >= 4 is 24.9 Å². The van der Waals surface area contributed by atoms with Crippen LogP contribution in [0.1, 0.15) is 11.1 Å². The fourth-order valence-corrected chi connectivity index (χ4v) is 3.66. The summed E-state index contributed by atoms with van der Waals surface area (Å²) in [4.78, 5) is 8.52. The minimum absolute atomic E-state index is 0.395. The largest absolute Gasteiger partial charge is 0.497 e. The van der Waals surface area contributed by atoms with Gasteiger partial charge in [-0.2, -0.15) is 0 Å². The number of benzene rings is 1. The first-order valence-corrected chi connectivity index (χ1v) is 13.4. The molecule has 0 unspecified atom stereocenters. The lowest BCUT2D eigenvalue weighted by Gasteiger charge is -2.15. The molecule has 2 aromatic heterocycles. The van der Waals surface area contributed by atoms with E-state index in [1.807, 2.05) is 22.9 Å². The van der Waals surface area contributed by atoms with Gasteiger partial charge in [-0.25, -0.2) is 9.97 Å².